The highest BCUT2D eigenvalue weighted by Crippen LogP contribution is 1.66. The predicted octanol–water partition coefficient (Wildman–Crippen LogP) is -0.620. The zero-order chi connectivity index (χ0) is 7.66. The maximum absolute atomic E-state index is 4.90. The van der Waals surface area contributed by atoms with E-state index in [0.717, 1.165) is 0 Å². The first-order chi connectivity index (χ1) is 4.91. The van der Waals surface area contributed by atoms with Crippen LogP contribution in [0.1, 0.15) is 0 Å². The number of hydrogen-bond donors (Lipinski definition) is 2. The van der Waals surface area contributed by atoms with Crippen LogP contribution in [0.25, 0.3) is 0 Å². The molecule has 0 aliphatic rings. The molecule has 0 spiro atoms. The van der Waals surface area contributed by atoms with Crippen molar-refractivity contribution in [3.8, 4) is 0 Å². The Kier molecular flexibility index (Phi) is 7.20. The molecule has 0 amide bonds. The van der Waals surface area contributed by atoms with Crippen LogP contribution in [-0.4, -0.2) is 23.1 Å². The molecule has 0 fully saturated rings. The van der Waals surface area contributed by atoms with Crippen LogP contribution in [0.5, 0.6) is 0 Å². The fourth-order valence-electron chi connectivity index (χ4n) is 0.253. The predicted molar refractivity (Wildman–Crippen MR) is 40.1 cm³/mol. The summed E-state index contributed by atoms with van der Waals surface area (Å²) in [7, 11) is 0. The SMILES string of the molecule is NCCN.c1cncnc1. The first-order valence-electron chi connectivity index (χ1n) is 3.02. The number of rotatable bonds is 1. The lowest BCUT2D eigenvalue weighted by atomic mass is 10.7. The lowest BCUT2D eigenvalue weighted by molar-refractivity contribution is 0.976. The van der Waals surface area contributed by atoms with Gasteiger partial charge in [-0.15, -0.1) is 0 Å². The third-order valence-corrected chi connectivity index (χ3v) is 0.644. The van der Waals surface area contributed by atoms with Crippen molar-refractivity contribution in [3.63, 3.8) is 0 Å². The second-order valence-corrected chi connectivity index (χ2v) is 1.48. The molecule has 56 valence electrons. The first kappa shape index (κ1) is 9.00. The molecule has 0 unspecified atom stereocenters. The quantitative estimate of drug-likeness (QED) is 0.545. The smallest absolute Gasteiger partial charge is 0.115 e. The van der Waals surface area contributed by atoms with E-state index < -0.39 is 0 Å². The van der Waals surface area contributed by atoms with Crippen molar-refractivity contribution in [2.45, 2.75) is 0 Å². The zero-order valence-electron chi connectivity index (χ0n) is 5.77. The average molecular weight is 140 g/mol. The van der Waals surface area contributed by atoms with E-state index in [-0.39, 0.29) is 0 Å². The summed E-state index contributed by atoms with van der Waals surface area (Å²) in [6.07, 6.45) is 4.88. The van der Waals surface area contributed by atoms with E-state index in [1.54, 1.807) is 18.5 Å². The van der Waals surface area contributed by atoms with Crippen molar-refractivity contribution in [1.82, 2.24) is 9.97 Å². The molecule has 1 aromatic heterocycles. The first-order valence-corrected chi connectivity index (χ1v) is 3.02. The maximum atomic E-state index is 4.90. The Bertz CT molecular complexity index is 102. The van der Waals surface area contributed by atoms with E-state index in [2.05, 4.69) is 9.97 Å². The molecule has 0 aliphatic carbocycles. The third kappa shape index (κ3) is 7.00. The van der Waals surface area contributed by atoms with Crippen LogP contribution in [0, 0.1) is 0 Å². The molecule has 1 rings (SSSR count). The Morgan fingerprint density at radius 3 is 1.60 bits per heavy atom. The normalized spacial score (nSPS) is 7.80. The highest BCUT2D eigenvalue weighted by Gasteiger charge is 1.59. The number of aromatic nitrogens is 2. The minimum atomic E-state index is 0.597. The Morgan fingerprint density at radius 1 is 1.00 bits per heavy atom. The van der Waals surface area contributed by atoms with Gasteiger partial charge < -0.3 is 11.5 Å². The molecule has 0 radical (unpaired) electrons. The van der Waals surface area contributed by atoms with Gasteiger partial charge in [0.05, 0.1) is 0 Å². The van der Waals surface area contributed by atoms with Gasteiger partial charge >= 0.3 is 0 Å². The van der Waals surface area contributed by atoms with E-state index in [0.29, 0.717) is 13.1 Å². The van der Waals surface area contributed by atoms with E-state index in [9.17, 15) is 0 Å². The molecule has 4 heteroatoms. The summed E-state index contributed by atoms with van der Waals surface area (Å²) in [6, 6.07) is 1.78. The summed E-state index contributed by atoms with van der Waals surface area (Å²) in [5, 5.41) is 0. The topological polar surface area (TPSA) is 77.8 Å². The van der Waals surface area contributed by atoms with Gasteiger partial charge in [-0.3, -0.25) is 0 Å². The summed E-state index contributed by atoms with van der Waals surface area (Å²) in [5.41, 5.74) is 9.81. The summed E-state index contributed by atoms with van der Waals surface area (Å²) >= 11 is 0. The second kappa shape index (κ2) is 8.00. The maximum Gasteiger partial charge on any atom is 0.115 e. The van der Waals surface area contributed by atoms with Gasteiger partial charge in [-0.25, -0.2) is 9.97 Å². The van der Waals surface area contributed by atoms with Crippen LogP contribution in [0.4, 0.5) is 0 Å². The van der Waals surface area contributed by atoms with Gasteiger partial charge in [0.1, 0.15) is 6.33 Å². The van der Waals surface area contributed by atoms with Gasteiger partial charge in [-0.2, -0.15) is 0 Å². The summed E-state index contributed by atoms with van der Waals surface area (Å²) in [4.78, 5) is 7.35. The van der Waals surface area contributed by atoms with E-state index >= 15 is 0 Å². The molecule has 0 saturated heterocycles. The van der Waals surface area contributed by atoms with Crippen LogP contribution in [0.15, 0.2) is 24.8 Å². The van der Waals surface area contributed by atoms with Gasteiger partial charge in [-0.05, 0) is 6.07 Å². The standard InChI is InChI=1S/C4H4N2.C2H8N2/c1-2-5-4-6-3-1;3-1-2-4/h1-4H;1-4H2. The van der Waals surface area contributed by atoms with Crippen LogP contribution in [0.2, 0.25) is 0 Å². The highest BCUT2D eigenvalue weighted by atomic mass is 14.8. The molecule has 0 aliphatic heterocycles. The largest absolute Gasteiger partial charge is 0.329 e. The van der Waals surface area contributed by atoms with Crippen molar-refractivity contribution in [2.24, 2.45) is 11.5 Å². The molecule has 4 N–H and O–H groups in total. The van der Waals surface area contributed by atoms with Crippen molar-refractivity contribution in [3.05, 3.63) is 24.8 Å². The van der Waals surface area contributed by atoms with Crippen molar-refractivity contribution >= 4 is 0 Å². The molecule has 0 atom stereocenters. The van der Waals surface area contributed by atoms with E-state index in [1.165, 1.54) is 6.33 Å². The van der Waals surface area contributed by atoms with Crippen LogP contribution >= 0.6 is 0 Å². The molecule has 0 aromatic carbocycles. The molecule has 4 nitrogen and oxygen atoms in total. The molecule has 0 saturated carbocycles. The van der Waals surface area contributed by atoms with Gasteiger partial charge in [-0.1, -0.05) is 0 Å². The summed E-state index contributed by atoms with van der Waals surface area (Å²) in [5.74, 6) is 0. The lowest BCUT2D eigenvalue weighted by Crippen LogP contribution is -2.11. The fourth-order valence-corrected chi connectivity index (χ4v) is 0.253. The summed E-state index contributed by atoms with van der Waals surface area (Å²) in [6.45, 7) is 1.19. The number of nitrogens with zero attached hydrogens (tertiary/aromatic N) is 2. The number of hydrogen-bond acceptors (Lipinski definition) is 4. The van der Waals surface area contributed by atoms with Gasteiger partial charge in [0.25, 0.3) is 0 Å². The van der Waals surface area contributed by atoms with Crippen LogP contribution in [0.3, 0.4) is 0 Å². The van der Waals surface area contributed by atoms with Crippen LogP contribution in [-0.2, 0) is 0 Å². The molecule has 1 heterocycles. The lowest BCUT2D eigenvalue weighted by Gasteiger charge is -1.72. The van der Waals surface area contributed by atoms with Gasteiger partial charge in [0, 0.05) is 25.5 Å². The summed E-state index contributed by atoms with van der Waals surface area (Å²) < 4.78 is 0. The molecular weight excluding hydrogens is 128 g/mol. The zero-order valence-corrected chi connectivity index (χ0v) is 5.77. The highest BCUT2D eigenvalue weighted by molar-refractivity contribution is 4.74. The van der Waals surface area contributed by atoms with Crippen LogP contribution < -0.4 is 11.5 Å². The molecule has 10 heavy (non-hydrogen) atoms. The molecule has 1 aromatic rings. The Balaban J connectivity index is 0.000000180. The monoisotopic (exact) mass is 140 g/mol. The average Bonchev–Trinajstić information content (AvgIpc) is 2.08. The van der Waals surface area contributed by atoms with E-state index in [1.807, 2.05) is 0 Å². The Morgan fingerprint density at radius 2 is 1.50 bits per heavy atom. The molecule has 0 bridgehead atoms. The van der Waals surface area contributed by atoms with Crippen molar-refractivity contribution < 1.29 is 0 Å². The van der Waals surface area contributed by atoms with Gasteiger partial charge in [0.15, 0.2) is 0 Å². The number of nitrogens with two attached hydrogens (primary N) is 2. The minimum absolute atomic E-state index is 0.597. The van der Waals surface area contributed by atoms with Crippen molar-refractivity contribution in [1.29, 1.82) is 0 Å². The van der Waals surface area contributed by atoms with E-state index in [4.69, 9.17) is 11.5 Å². The minimum Gasteiger partial charge on any atom is -0.329 e. The van der Waals surface area contributed by atoms with Gasteiger partial charge in [0.2, 0.25) is 0 Å². The third-order valence-electron chi connectivity index (χ3n) is 0.644. The van der Waals surface area contributed by atoms with Crippen molar-refractivity contribution in [2.75, 3.05) is 13.1 Å². The fraction of sp³-hybridized carbons (Fsp3) is 0.333. The molecular formula is C6H12N4. The Labute approximate surface area is 60.3 Å². The Hall–Kier alpha value is -1.00. The second-order valence-electron chi connectivity index (χ2n) is 1.48.